The number of anilines is 1. The van der Waals surface area contributed by atoms with E-state index in [1.807, 2.05) is 13.8 Å². The molecule has 7 nitrogen and oxygen atoms in total. The Labute approximate surface area is 117 Å². The monoisotopic (exact) mass is 281 g/mol. The van der Waals surface area contributed by atoms with Crippen molar-refractivity contribution < 1.29 is 14.5 Å². The Morgan fingerprint density at radius 3 is 2.70 bits per heavy atom. The van der Waals surface area contributed by atoms with Crippen LogP contribution in [0.25, 0.3) is 0 Å². The summed E-state index contributed by atoms with van der Waals surface area (Å²) >= 11 is 0. The van der Waals surface area contributed by atoms with E-state index in [1.165, 1.54) is 25.3 Å². The van der Waals surface area contributed by atoms with Crippen LogP contribution in [0.2, 0.25) is 0 Å². The molecule has 0 saturated heterocycles. The molecule has 20 heavy (non-hydrogen) atoms. The molecule has 0 fully saturated rings. The van der Waals surface area contributed by atoms with E-state index in [0.717, 1.165) is 0 Å². The van der Waals surface area contributed by atoms with Crippen molar-refractivity contribution in [2.75, 3.05) is 19.0 Å². The van der Waals surface area contributed by atoms with Crippen LogP contribution in [0.1, 0.15) is 20.3 Å². The Morgan fingerprint density at radius 1 is 1.45 bits per heavy atom. The number of hydrogen-bond donors (Lipinski definition) is 2. The molecule has 1 aromatic carbocycles. The molecule has 0 radical (unpaired) electrons. The molecule has 0 aromatic heterocycles. The average Bonchev–Trinajstić information content (AvgIpc) is 2.38. The number of nitrogens with zero attached hydrogens (tertiary/aromatic N) is 1. The SMILES string of the molecule is COc1cc([N+](=O)[O-])ccc1NC(=O)CCNC(C)C. The number of nitrogens with one attached hydrogen (secondary N) is 2. The lowest BCUT2D eigenvalue weighted by Crippen LogP contribution is -2.27. The van der Waals surface area contributed by atoms with Crippen LogP contribution in [0.3, 0.4) is 0 Å². The highest BCUT2D eigenvalue weighted by atomic mass is 16.6. The minimum absolute atomic E-state index is 0.0821. The minimum Gasteiger partial charge on any atom is -0.494 e. The molecule has 0 spiro atoms. The van der Waals surface area contributed by atoms with E-state index in [4.69, 9.17) is 4.74 Å². The van der Waals surface area contributed by atoms with E-state index in [-0.39, 0.29) is 17.3 Å². The lowest BCUT2D eigenvalue weighted by Gasteiger charge is -2.11. The van der Waals surface area contributed by atoms with Crippen LogP contribution in [-0.2, 0) is 4.79 Å². The molecule has 0 aliphatic heterocycles. The van der Waals surface area contributed by atoms with E-state index in [9.17, 15) is 14.9 Å². The smallest absolute Gasteiger partial charge is 0.273 e. The first-order valence-electron chi connectivity index (χ1n) is 6.29. The molecule has 110 valence electrons. The van der Waals surface area contributed by atoms with E-state index in [2.05, 4.69) is 10.6 Å². The standard InChI is InChI=1S/C13H19N3O4/c1-9(2)14-7-6-13(17)15-11-5-4-10(16(18)19)8-12(11)20-3/h4-5,8-9,14H,6-7H2,1-3H3,(H,15,17). The Balaban J connectivity index is 2.67. The molecule has 0 unspecified atom stereocenters. The van der Waals surface area contributed by atoms with Crippen LogP contribution in [0.4, 0.5) is 11.4 Å². The number of carbonyl (C=O) groups is 1. The average molecular weight is 281 g/mol. The molecular formula is C13H19N3O4. The lowest BCUT2D eigenvalue weighted by atomic mass is 10.2. The first kappa shape index (κ1) is 15.9. The number of rotatable bonds is 7. The highest BCUT2D eigenvalue weighted by Crippen LogP contribution is 2.28. The summed E-state index contributed by atoms with van der Waals surface area (Å²) in [6.07, 6.45) is 0.318. The van der Waals surface area contributed by atoms with Crippen molar-refractivity contribution in [3.8, 4) is 5.75 Å². The Kier molecular flexibility index (Phi) is 5.92. The maximum absolute atomic E-state index is 11.7. The Morgan fingerprint density at radius 2 is 2.15 bits per heavy atom. The zero-order valence-corrected chi connectivity index (χ0v) is 11.8. The fraction of sp³-hybridized carbons (Fsp3) is 0.462. The van der Waals surface area contributed by atoms with Crippen LogP contribution in [0, 0.1) is 10.1 Å². The third kappa shape index (κ3) is 4.85. The fourth-order valence-electron chi connectivity index (χ4n) is 1.58. The molecule has 0 aliphatic carbocycles. The van der Waals surface area contributed by atoms with E-state index < -0.39 is 4.92 Å². The third-order valence-corrected chi connectivity index (χ3v) is 2.57. The maximum atomic E-state index is 11.7. The number of methoxy groups -OCH3 is 1. The zero-order chi connectivity index (χ0) is 15.1. The third-order valence-electron chi connectivity index (χ3n) is 2.57. The lowest BCUT2D eigenvalue weighted by molar-refractivity contribution is -0.384. The predicted molar refractivity (Wildman–Crippen MR) is 76.0 cm³/mol. The van der Waals surface area contributed by atoms with Gasteiger partial charge in [0, 0.05) is 25.1 Å². The van der Waals surface area contributed by atoms with Gasteiger partial charge in [0.15, 0.2) is 0 Å². The number of amides is 1. The van der Waals surface area contributed by atoms with Crippen LogP contribution < -0.4 is 15.4 Å². The summed E-state index contributed by atoms with van der Waals surface area (Å²) in [7, 11) is 1.40. The van der Waals surface area contributed by atoms with Crippen molar-refractivity contribution in [2.24, 2.45) is 0 Å². The molecular weight excluding hydrogens is 262 g/mol. The van der Waals surface area contributed by atoms with Crippen molar-refractivity contribution in [1.29, 1.82) is 0 Å². The second kappa shape index (κ2) is 7.44. The first-order valence-corrected chi connectivity index (χ1v) is 6.29. The van der Waals surface area contributed by atoms with Gasteiger partial charge in [-0.05, 0) is 6.07 Å². The van der Waals surface area contributed by atoms with Gasteiger partial charge in [0.1, 0.15) is 5.75 Å². The molecule has 0 atom stereocenters. The van der Waals surface area contributed by atoms with E-state index >= 15 is 0 Å². The molecule has 0 bridgehead atoms. The molecule has 0 saturated carbocycles. The number of carbonyl (C=O) groups excluding carboxylic acids is 1. The van der Waals surface area contributed by atoms with Gasteiger partial charge in [-0.1, -0.05) is 13.8 Å². The number of nitro benzene ring substituents is 1. The quantitative estimate of drug-likeness (QED) is 0.588. The van der Waals surface area contributed by atoms with Crippen molar-refractivity contribution >= 4 is 17.3 Å². The highest BCUT2D eigenvalue weighted by Gasteiger charge is 2.13. The van der Waals surface area contributed by atoms with Crippen molar-refractivity contribution in [3.05, 3.63) is 28.3 Å². The number of nitro groups is 1. The van der Waals surface area contributed by atoms with Crippen LogP contribution >= 0.6 is 0 Å². The second-order valence-corrected chi connectivity index (χ2v) is 4.55. The van der Waals surface area contributed by atoms with Gasteiger partial charge < -0.3 is 15.4 Å². The molecule has 0 aliphatic rings. The minimum atomic E-state index is -0.513. The van der Waals surface area contributed by atoms with Gasteiger partial charge in [0.05, 0.1) is 23.8 Å². The zero-order valence-electron chi connectivity index (χ0n) is 11.8. The van der Waals surface area contributed by atoms with E-state index in [1.54, 1.807) is 0 Å². The van der Waals surface area contributed by atoms with Crippen molar-refractivity contribution in [1.82, 2.24) is 5.32 Å². The van der Waals surface area contributed by atoms with Crippen LogP contribution in [0.5, 0.6) is 5.75 Å². The summed E-state index contributed by atoms with van der Waals surface area (Å²) < 4.78 is 5.04. The number of hydrogen-bond acceptors (Lipinski definition) is 5. The van der Waals surface area contributed by atoms with Crippen molar-refractivity contribution in [3.63, 3.8) is 0 Å². The molecule has 0 heterocycles. The largest absolute Gasteiger partial charge is 0.494 e. The summed E-state index contributed by atoms with van der Waals surface area (Å²) in [5, 5.41) is 16.5. The van der Waals surface area contributed by atoms with Gasteiger partial charge in [-0.25, -0.2) is 0 Å². The van der Waals surface area contributed by atoms with E-state index in [0.29, 0.717) is 24.7 Å². The summed E-state index contributed by atoms with van der Waals surface area (Å²) in [6, 6.07) is 4.38. The number of benzene rings is 1. The molecule has 1 amide bonds. The fourth-order valence-corrected chi connectivity index (χ4v) is 1.58. The maximum Gasteiger partial charge on any atom is 0.273 e. The highest BCUT2D eigenvalue weighted by molar-refractivity contribution is 5.92. The van der Waals surface area contributed by atoms with Gasteiger partial charge in [-0.2, -0.15) is 0 Å². The molecule has 2 N–H and O–H groups in total. The predicted octanol–water partition coefficient (Wildman–Crippen LogP) is 1.93. The normalized spacial score (nSPS) is 10.4. The number of ether oxygens (including phenoxy) is 1. The number of non-ortho nitro benzene ring substituents is 1. The molecule has 7 heteroatoms. The van der Waals surface area contributed by atoms with Crippen molar-refractivity contribution in [2.45, 2.75) is 26.3 Å². The topological polar surface area (TPSA) is 93.5 Å². The summed E-state index contributed by atoms with van der Waals surface area (Å²) in [5.41, 5.74) is 0.342. The Hall–Kier alpha value is -2.15. The summed E-state index contributed by atoms with van der Waals surface area (Å²) in [4.78, 5) is 21.9. The molecule has 1 rings (SSSR count). The first-order chi connectivity index (χ1) is 9.43. The second-order valence-electron chi connectivity index (χ2n) is 4.55. The Bertz CT molecular complexity index is 489. The molecule has 1 aromatic rings. The van der Waals surface area contributed by atoms with Gasteiger partial charge in [0.2, 0.25) is 5.91 Å². The van der Waals surface area contributed by atoms with Gasteiger partial charge in [0.25, 0.3) is 5.69 Å². The summed E-state index contributed by atoms with van der Waals surface area (Å²) in [6.45, 7) is 4.56. The van der Waals surface area contributed by atoms with Crippen LogP contribution in [0.15, 0.2) is 18.2 Å². The van der Waals surface area contributed by atoms with Gasteiger partial charge in [-0.3, -0.25) is 14.9 Å². The van der Waals surface area contributed by atoms with Gasteiger partial charge >= 0.3 is 0 Å². The summed E-state index contributed by atoms with van der Waals surface area (Å²) in [5.74, 6) is 0.0923. The van der Waals surface area contributed by atoms with Gasteiger partial charge in [-0.15, -0.1) is 0 Å². The van der Waals surface area contributed by atoms with Crippen LogP contribution in [-0.4, -0.2) is 30.5 Å².